The van der Waals surface area contributed by atoms with E-state index in [-0.39, 0.29) is 5.41 Å². The fourth-order valence-electron chi connectivity index (χ4n) is 2.72. The monoisotopic (exact) mass is 194 g/mol. The average Bonchev–Trinajstić information content (AvgIpc) is 2.95. The van der Waals surface area contributed by atoms with Gasteiger partial charge in [0, 0.05) is 11.5 Å². The van der Waals surface area contributed by atoms with Gasteiger partial charge in [-0.2, -0.15) is 0 Å². The van der Waals surface area contributed by atoms with E-state index in [1.165, 1.54) is 6.42 Å². The van der Waals surface area contributed by atoms with Crippen molar-refractivity contribution < 1.29 is 4.79 Å². The smallest absolute Gasteiger partial charge is 0.226 e. The first-order chi connectivity index (χ1) is 6.69. The van der Waals surface area contributed by atoms with Gasteiger partial charge in [-0.1, -0.05) is 6.92 Å². The number of hydrogen-bond acceptors (Lipinski definition) is 2. The van der Waals surface area contributed by atoms with Crippen molar-refractivity contribution in [3.63, 3.8) is 0 Å². The normalized spacial score (nSPS) is 42.5. The largest absolute Gasteiger partial charge is 0.352 e. The predicted molar refractivity (Wildman–Crippen MR) is 53.7 cm³/mol. The Bertz CT molecular complexity index is 258. The van der Waals surface area contributed by atoms with Crippen LogP contribution in [0.15, 0.2) is 0 Å². The fourth-order valence-corrected chi connectivity index (χ4v) is 2.72. The van der Waals surface area contributed by atoms with E-state index in [2.05, 4.69) is 17.6 Å². The second-order valence-electron chi connectivity index (χ2n) is 5.47. The first-order valence-corrected chi connectivity index (χ1v) is 5.71. The van der Waals surface area contributed by atoms with E-state index in [4.69, 9.17) is 0 Å². The Balaban J connectivity index is 1.60. The minimum Gasteiger partial charge on any atom is -0.352 e. The Kier molecular flexibility index (Phi) is 1.69. The molecule has 2 bridgehead atoms. The van der Waals surface area contributed by atoms with Gasteiger partial charge >= 0.3 is 0 Å². The number of amides is 1. The van der Waals surface area contributed by atoms with Gasteiger partial charge in [0.1, 0.15) is 0 Å². The summed E-state index contributed by atoms with van der Waals surface area (Å²) in [7, 11) is 0. The van der Waals surface area contributed by atoms with Crippen molar-refractivity contribution in [3.05, 3.63) is 0 Å². The molecular formula is C11H18N2O. The highest BCUT2D eigenvalue weighted by molar-refractivity contribution is 5.85. The van der Waals surface area contributed by atoms with Gasteiger partial charge in [-0.3, -0.25) is 4.79 Å². The molecule has 2 unspecified atom stereocenters. The lowest BCUT2D eigenvalue weighted by Gasteiger charge is -2.50. The van der Waals surface area contributed by atoms with Crippen molar-refractivity contribution in [1.82, 2.24) is 10.6 Å². The summed E-state index contributed by atoms with van der Waals surface area (Å²) < 4.78 is 0. The molecule has 1 aliphatic heterocycles. The molecule has 1 saturated heterocycles. The molecule has 2 N–H and O–H groups in total. The molecule has 14 heavy (non-hydrogen) atoms. The van der Waals surface area contributed by atoms with Gasteiger partial charge in [0.2, 0.25) is 5.91 Å². The van der Waals surface area contributed by atoms with Crippen LogP contribution in [0.5, 0.6) is 0 Å². The third-order valence-electron chi connectivity index (χ3n) is 4.28. The van der Waals surface area contributed by atoms with Crippen LogP contribution in [-0.4, -0.2) is 25.0 Å². The van der Waals surface area contributed by atoms with E-state index >= 15 is 0 Å². The maximum absolute atomic E-state index is 11.8. The van der Waals surface area contributed by atoms with Crippen LogP contribution in [0.25, 0.3) is 0 Å². The molecular weight excluding hydrogens is 176 g/mol. The standard InChI is InChI=1S/C11H18N2O/c1-11(2-3-11)10(14)13-9-7-4-8(9)6-12-5-7/h7-9,12H,2-6H2,1H3,(H,13,14). The van der Waals surface area contributed by atoms with Crippen LogP contribution in [-0.2, 0) is 4.79 Å². The lowest BCUT2D eigenvalue weighted by atomic mass is 9.67. The lowest BCUT2D eigenvalue weighted by Crippen LogP contribution is -2.64. The Morgan fingerprint density at radius 3 is 2.50 bits per heavy atom. The van der Waals surface area contributed by atoms with Crippen molar-refractivity contribution in [2.75, 3.05) is 13.1 Å². The zero-order valence-electron chi connectivity index (χ0n) is 8.68. The van der Waals surface area contributed by atoms with Crippen molar-refractivity contribution in [3.8, 4) is 0 Å². The van der Waals surface area contributed by atoms with E-state index in [0.29, 0.717) is 23.8 Å². The molecule has 3 fully saturated rings. The second kappa shape index (κ2) is 2.72. The Morgan fingerprint density at radius 2 is 2.00 bits per heavy atom. The van der Waals surface area contributed by atoms with E-state index in [0.717, 1.165) is 25.9 Å². The van der Waals surface area contributed by atoms with Crippen LogP contribution in [0.1, 0.15) is 26.2 Å². The summed E-state index contributed by atoms with van der Waals surface area (Å²) in [6.45, 7) is 4.27. The number of piperidine rings is 2. The highest BCUT2D eigenvalue weighted by Gasteiger charge is 2.50. The summed E-state index contributed by atoms with van der Waals surface area (Å²) in [5.41, 5.74) is -0.00266. The third-order valence-corrected chi connectivity index (χ3v) is 4.28. The maximum Gasteiger partial charge on any atom is 0.226 e. The highest BCUT2D eigenvalue weighted by Crippen LogP contribution is 2.46. The molecule has 0 spiro atoms. The molecule has 3 nitrogen and oxygen atoms in total. The summed E-state index contributed by atoms with van der Waals surface area (Å²) in [5, 5.41) is 6.63. The van der Waals surface area contributed by atoms with Crippen LogP contribution in [0.3, 0.4) is 0 Å². The van der Waals surface area contributed by atoms with Gasteiger partial charge in [-0.05, 0) is 44.2 Å². The topological polar surface area (TPSA) is 41.1 Å². The molecule has 1 amide bonds. The van der Waals surface area contributed by atoms with Gasteiger partial charge in [-0.15, -0.1) is 0 Å². The van der Waals surface area contributed by atoms with E-state index in [1.54, 1.807) is 0 Å². The van der Waals surface area contributed by atoms with Crippen molar-refractivity contribution in [1.29, 1.82) is 0 Å². The van der Waals surface area contributed by atoms with Gasteiger partial charge in [0.05, 0.1) is 0 Å². The lowest BCUT2D eigenvalue weighted by molar-refractivity contribution is -0.129. The van der Waals surface area contributed by atoms with E-state index in [1.807, 2.05) is 0 Å². The Labute approximate surface area is 84.6 Å². The van der Waals surface area contributed by atoms with Crippen molar-refractivity contribution in [2.24, 2.45) is 17.3 Å². The summed E-state index contributed by atoms with van der Waals surface area (Å²) in [6, 6.07) is 0.487. The van der Waals surface area contributed by atoms with Gasteiger partial charge in [0.15, 0.2) is 0 Å². The first kappa shape index (κ1) is 8.72. The summed E-state index contributed by atoms with van der Waals surface area (Å²) >= 11 is 0. The van der Waals surface area contributed by atoms with Crippen LogP contribution in [0.2, 0.25) is 0 Å². The molecule has 2 saturated carbocycles. The zero-order valence-corrected chi connectivity index (χ0v) is 8.68. The average molecular weight is 194 g/mol. The Morgan fingerprint density at radius 1 is 1.36 bits per heavy atom. The predicted octanol–water partition coefficient (Wildman–Crippen LogP) is 0.511. The highest BCUT2D eigenvalue weighted by atomic mass is 16.2. The third kappa shape index (κ3) is 1.18. The number of nitrogens with one attached hydrogen (secondary N) is 2. The van der Waals surface area contributed by atoms with Crippen LogP contribution >= 0.6 is 0 Å². The minimum absolute atomic E-state index is 0.00266. The number of rotatable bonds is 2. The minimum atomic E-state index is -0.00266. The molecule has 78 valence electrons. The molecule has 3 heteroatoms. The maximum atomic E-state index is 11.8. The SMILES string of the molecule is CC1(C(=O)NC2C3CNCC2C3)CC1. The molecule has 2 atom stereocenters. The molecule has 0 aromatic heterocycles. The van der Waals surface area contributed by atoms with E-state index in [9.17, 15) is 4.79 Å². The fraction of sp³-hybridized carbons (Fsp3) is 0.909. The number of carbonyl (C=O) groups is 1. The molecule has 0 aromatic rings. The molecule has 3 rings (SSSR count). The summed E-state index contributed by atoms with van der Waals surface area (Å²) in [4.78, 5) is 11.8. The van der Waals surface area contributed by atoms with Crippen molar-refractivity contribution >= 4 is 5.91 Å². The quantitative estimate of drug-likeness (QED) is 0.672. The Hall–Kier alpha value is -0.570. The molecule has 3 aliphatic rings. The molecule has 0 radical (unpaired) electrons. The second-order valence-corrected chi connectivity index (χ2v) is 5.47. The molecule has 1 heterocycles. The van der Waals surface area contributed by atoms with Gasteiger partial charge in [-0.25, -0.2) is 0 Å². The van der Waals surface area contributed by atoms with Gasteiger partial charge in [0.25, 0.3) is 0 Å². The van der Waals surface area contributed by atoms with Crippen LogP contribution < -0.4 is 10.6 Å². The summed E-state index contributed by atoms with van der Waals surface area (Å²) in [6.07, 6.45) is 3.48. The van der Waals surface area contributed by atoms with Crippen molar-refractivity contribution in [2.45, 2.75) is 32.2 Å². The number of carbonyl (C=O) groups excluding carboxylic acids is 1. The van der Waals surface area contributed by atoms with Crippen LogP contribution in [0, 0.1) is 17.3 Å². The van der Waals surface area contributed by atoms with E-state index < -0.39 is 0 Å². The zero-order chi connectivity index (χ0) is 9.76. The number of fused-ring (bicyclic) bond motifs is 2. The van der Waals surface area contributed by atoms with Gasteiger partial charge < -0.3 is 10.6 Å². The molecule has 2 aliphatic carbocycles. The molecule has 0 aromatic carbocycles. The van der Waals surface area contributed by atoms with Crippen LogP contribution in [0.4, 0.5) is 0 Å². The number of hydrogen-bond donors (Lipinski definition) is 2. The first-order valence-electron chi connectivity index (χ1n) is 5.71. The summed E-state index contributed by atoms with van der Waals surface area (Å²) in [5.74, 6) is 1.72.